The van der Waals surface area contributed by atoms with Gasteiger partial charge in [-0.2, -0.15) is 0 Å². The van der Waals surface area contributed by atoms with E-state index in [1.54, 1.807) is 7.11 Å². The lowest BCUT2D eigenvalue weighted by atomic mass is 9.97. The Balaban J connectivity index is 1.84. The molecule has 0 bridgehead atoms. The van der Waals surface area contributed by atoms with Crippen molar-refractivity contribution in [1.82, 2.24) is 9.88 Å². The highest BCUT2D eigenvalue weighted by atomic mass is 16.5. The molecule has 1 fully saturated rings. The van der Waals surface area contributed by atoms with Crippen molar-refractivity contribution in [3.63, 3.8) is 0 Å². The Morgan fingerprint density at radius 3 is 2.71 bits per heavy atom. The van der Waals surface area contributed by atoms with Crippen molar-refractivity contribution in [1.29, 1.82) is 0 Å². The summed E-state index contributed by atoms with van der Waals surface area (Å²) >= 11 is 0. The van der Waals surface area contributed by atoms with Gasteiger partial charge in [0.2, 0.25) is 5.88 Å². The lowest BCUT2D eigenvalue weighted by molar-refractivity contribution is 0.180. The molecule has 2 heterocycles. The number of nitrogens with zero attached hydrogens (tertiary/aromatic N) is 2. The van der Waals surface area contributed by atoms with Crippen molar-refractivity contribution in [3.05, 3.63) is 23.9 Å². The first-order chi connectivity index (χ1) is 8.31. The molecule has 0 amide bonds. The molecule has 1 aromatic heterocycles. The van der Waals surface area contributed by atoms with Crippen LogP contribution < -0.4 is 10.5 Å². The molecule has 1 saturated heterocycles. The summed E-state index contributed by atoms with van der Waals surface area (Å²) < 4.78 is 5.05. The third kappa shape index (κ3) is 3.41. The molecule has 4 heteroatoms. The van der Waals surface area contributed by atoms with Crippen molar-refractivity contribution < 1.29 is 4.74 Å². The minimum absolute atomic E-state index is 0.676. The molecule has 4 nitrogen and oxygen atoms in total. The largest absolute Gasteiger partial charge is 0.481 e. The van der Waals surface area contributed by atoms with E-state index in [1.807, 2.05) is 12.3 Å². The van der Waals surface area contributed by atoms with Gasteiger partial charge in [0.05, 0.1) is 7.11 Å². The maximum Gasteiger partial charge on any atom is 0.212 e. The van der Waals surface area contributed by atoms with Crippen molar-refractivity contribution >= 4 is 0 Å². The first-order valence-corrected chi connectivity index (χ1v) is 6.23. The minimum atomic E-state index is 0.676. The molecule has 0 radical (unpaired) electrons. The number of piperidine rings is 1. The zero-order valence-corrected chi connectivity index (χ0v) is 10.4. The average Bonchev–Trinajstić information content (AvgIpc) is 2.40. The first-order valence-electron chi connectivity index (χ1n) is 6.23. The Bertz CT molecular complexity index is 331. The number of methoxy groups -OCH3 is 1. The summed E-state index contributed by atoms with van der Waals surface area (Å²) in [6, 6.07) is 4.00. The van der Waals surface area contributed by atoms with Crippen LogP contribution in [0.5, 0.6) is 5.88 Å². The molecule has 1 aliphatic heterocycles. The van der Waals surface area contributed by atoms with E-state index >= 15 is 0 Å². The number of likely N-dealkylation sites (tertiary alicyclic amines) is 1. The predicted molar refractivity (Wildman–Crippen MR) is 67.8 cm³/mol. The Hall–Kier alpha value is -1.13. The normalized spacial score (nSPS) is 18.2. The van der Waals surface area contributed by atoms with Crippen LogP contribution in [0.3, 0.4) is 0 Å². The van der Waals surface area contributed by atoms with E-state index in [1.165, 1.54) is 18.4 Å². The fourth-order valence-electron chi connectivity index (χ4n) is 2.26. The van der Waals surface area contributed by atoms with E-state index in [0.717, 1.165) is 32.1 Å². The minimum Gasteiger partial charge on any atom is -0.481 e. The van der Waals surface area contributed by atoms with E-state index < -0.39 is 0 Å². The second-order valence-corrected chi connectivity index (χ2v) is 4.66. The molecule has 0 unspecified atom stereocenters. The molecular formula is C13H21N3O. The smallest absolute Gasteiger partial charge is 0.212 e. The summed E-state index contributed by atoms with van der Waals surface area (Å²) in [6.45, 7) is 4.11. The second-order valence-electron chi connectivity index (χ2n) is 4.66. The fourth-order valence-corrected chi connectivity index (χ4v) is 2.26. The van der Waals surface area contributed by atoms with Gasteiger partial charge in [-0.05, 0) is 44.0 Å². The van der Waals surface area contributed by atoms with Crippen LogP contribution in [0.2, 0.25) is 0 Å². The van der Waals surface area contributed by atoms with Crippen molar-refractivity contribution in [2.75, 3.05) is 26.7 Å². The monoisotopic (exact) mass is 235 g/mol. The summed E-state index contributed by atoms with van der Waals surface area (Å²) in [5, 5.41) is 0. The number of ether oxygens (including phenoxy) is 1. The Kier molecular flexibility index (Phi) is 4.34. The molecule has 0 saturated carbocycles. The van der Waals surface area contributed by atoms with Crippen LogP contribution >= 0.6 is 0 Å². The molecule has 94 valence electrons. The Morgan fingerprint density at radius 2 is 2.18 bits per heavy atom. The standard InChI is InChI=1S/C13H21N3O/c1-17-13-3-2-12(9-15-13)10-16-6-4-11(8-14)5-7-16/h2-3,9,11H,4-8,10,14H2,1H3. The van der Waals surface area contributed by atoms with Crippen LogP contribution in [0.25, 0.3) is 0 Å². The van der Waals surface area contributed by atoms with Crippen LogP contribution in [0.4, 0.5) is 0 Å². The van der Waals surface area contributed by atoms with Gasteiger partial charge in [-0.1, -0.05) is 6.07 Å². The SMILES string of the molecule is COc1ccc(CN2CCC(CN)CC2)cn1. The summed E-state index contributed by atoms with van der Waals surface area (Å²) in [5.74, 6) is 1.40. The molecule has 2 N–H and O–H groups in total. The third-order valence-electron chi connectivity index (χ3n) is 3.45. The third-order valence-corrected chi connectivity index (χ3v) is 3.45. The lowest BCUT2D eigenvalue weighted by Gasteiger charge is -2.31. The molecule has 2 rings (SSSR count). The second kappa shape index (κ2) is 5.98. The number of hydrogen-bond donors (Lipinski definition) is 1. The van der Waals surface area contributed by atoms with E-state index in [0.29, 0.717) is 5.88 Å². The van der Waals surface area contributed by atoms with Gasteiger partial charge in [0.15, 0.2) is 0 Å². The van der Waals surface area contributed by atoms with Gasteiger partial charge in [0, 0.05) is 18.8 Å². The van der Waals surface area contributed by atoms with E-state index in [9.17, 15) is 0 Å². The van der Waals surface area contributed by atoms with Crippen LogP contribution in [-0.2, 0) is 6.54 Å². The van der Waals surface area contributed by atoms with Gasteiger partial charge in [-0.3, -0.25) is 4.90 Å². The molecule has 0 aromatic carbocycles. The Labute approximate surface area is 103 Å². The number of nitrogens with two attached hydrogens (primary N) is 1. The van der Waals surface area contributed by atoms with Gasteiger partial charge < -0.3 is 10.5 Å². The molecule has 0 aliphatic carbocycles. The summed E-state index contributed by atoms with van der Waals surface area (Å²) in [7, 11) is 1.64. The van der Waals surface area contributed by atoms with Gasteiger partial charge in [0.1, 0.15) is 0 Å². The van der Waals surface area contributed by atoms with Gasteiger partial charge in [-0.25, -0.2) is 4.98 Å². The van der Waals surface area contributed by atoms with Gasteiger partial charge in [-0.15, -0.1) is 0 Å². The molecular weight excluding hydrogens is 214 g/mol. The maximum absolute atomic E-state index is 5.69. The highest BCUT2D eigenvalue weighted by molar-refractivity contribution is 5.17. The highest BCUT2D eigenvalue weighted by Gasteiger charge is 2.17. The lowest BCUT2D eigenvalue weighted by Crippen LogP contribution is -2.35. The Morgan fingerprint density at radius 1 is 1.41 bits per heavy atom. The van der Waals surface area contributed by atoms with Crippen LogP contribution in [0.1, 0.15) is 18.4 Å². The first kappa shape index (κ1) is 12.3. The molecule has 17 heavy (non-hydrogen) atoms. The number of rotatable bonds is 4. The number of pyridine rings is 1. The van der Waals surface area contributed by atoms with Crippen molar-refractivity contribution in [3.8, 4) is 5.88 Å². The molecule has 0 spiro atoms. The van der Waals surface area contributed by atoms with Gasteiger partial charge >= 0.3 is 0 Å². The highest BCUT2D eigenvalue weighted by Crippen LogP contribution is 2.18. The summed E-state index contributed by atoms with van der Waals surface area (Å²) in [6.07, 6.45) is 4.34. The van der Waals surface area contributed by atoms with E-state index in [4.69, 9.17) is 10.5 Å². The zero-order chi connectivity index (χ0) is 12.1. The van der Waals surface area contributed by atoms with Crippen LogP contribution in [0.15, 0.2) is 18.3 Å². The topological polar surface area (TPSA) is 51.4 Å². The van der Waals surface area contributed by atoms with Crippen molar-refractivity contribution in [2.24, 2.45) is 11.7 Å². The van der Waals surface area contributed by atoms with Gasteiger partial charge in [0.25, 0.3) is 0 Å². The quantitative estimate of drug-likeness (QED) is 0.853. The molecule has 1 aliphatic rings. The summed E-state index contributed by atoms with van der Waals surface area (Å²) in [4.78, 5) is 6.69. The van der Waals surface area contributed by atoms with Crippen LogP contribution in [0, 0.1) is 5.92 Å². The number of aromatic nitrogens is 1. The van der Waals surface area contributed by atoms with E-state index in [-0.39, 0.29) is 0 Å². The van der Waals surface area contributed by atoms with Crippen LogP contribution in [-0.4, -0.2) is 36.6 Å². The molecule has 1 aromatic rings. The van der Waals surface area contributed by atoms with Crippen molar-refractivity contribution in [2.45, 2.75) is 19.4 Å². The zero-order valence-electron chi connectivity index (χ0n) is 10.4. The maximum atomic E-state index is 5.69. The van der Waals surface area contributed by atoms with E-state index in [2.05, 4.69) is 16.0 Å². The fraction of sp³-hybridized carbons (Fsp3) is 0.615. The predicted octanol–water partition coefficient (Wildman–Crippen LogP) is 1.26. The number of hydrogen-bond acceptors (Lipinski definition) is 4. The summed E-state index contributed by atoms with van der Waals surface area (Å²) in [5.41, 5.74) is 6.94. The molecule has 0 atom stereocenters. The average molecular weight is 235 g/mol.